The Labute approximate surface area is 268 Å². The number of likely N-dealkylation sites (N-methyl/N-ethyl adjacent to an activating group) is 1. The molecule has 2 aliphatic rings. The van der Waals surface area contributed by atoms with Gasteiger partial charge in [0, 0.05) is 47.8 Å². The van der Waals surface area contributed by atoms with Gasteiger partial charge in [0.1, 0.15) is 17.6 Å². The lowest BCUT2D eigenvalue weighted by molar-refractivity contribution is -0.131. The summed E-state index contributed by atoms with van der Waals surface area (Å²) in [7, 11) is 2.00. The SMILES string of the molecule is C=C(F)C(=O)N1CCN(c2nc(OCC3CCCN3C)nc3c(C(F)F)c(-c4cccc5cccc(Cl)c45)cnc23)C[C@@H]1CC#N. The molecule has 4 aromatic rings. The fraction of sp³-hybridized carbons (Fsp3) is 0.364. The molecule has 0 radical (unpaired) electrons. The zero-order valence-corrected chi connectivity index (χ0v) is 25.9. The second kappa shape index (κ2) is 13.1. The Morgan fingerprint density at radius 3 is 2.61 bits per heavy atom. The Balaban J connectivity index is 1.51. The fourth-order valence-corrected chi connectivity index (χ4v) is 6.69. The first kappa shape index (κ1) is 31.5. The number of benzene rings is 2. The third-order valence-electron chi connectivity index (χ3n) is 8.75. The first-order valence-corrected chi connectivity index (χ1v) is 15.3. The summed E-state index contributed by atoms with van der Waals surface area (Å²) in [5.41, 5.74) is 0.340. The first-order valence-electron chi connectivity index (χ1n) is 14.9. The van der Waals surface area contributed by atoms with Gasteiger partial charge in [0.05, 0.1) is 24.1 Å². The van der Waals surface area contributed by atoms with E-state index in [-0.39, 0.29) is 72.7 Å². The number of rotatable bonds is 8. The Morgan fingerprint density at radius 2 is 1.91 bits per heavy atom. The number of nitrogens with zero attached hydrogens (tertiary/aromatic N) is 7. The van der Waals surface area contributed by atoms with Gasteiger partial charge >= 0.3 is 6.01 Å². The maximum absolute atomic E-state index is 15.2. The zero-order valence-electron chi connectivity index (χ0n) is 25.1. The van der Waals surface area contributed by atoms with Crippen LogP contribution < -0.4 is 9.64 Å². The number of ether oxygens (including phenoxy) is 1. The third-order valence-corrected chi connectivity index (χ3v) is 9.07. The number of alkyl halides is 2. The number of aromatic nitrogens is 3. The van der Waals surface area contributed by atoms with E-state index in [9.17, 15) is 14.4 Å². The molecule has 46 heavy (non-hydrogen) atoms. The van der Waals surface area contributed by atoms with Crippen molar-refractivity contribution in [3.8, 4) is 23.2 Å². The zero-order chi connectivity index (χ0) is 32.5. The van der Waals surface area contributed by atoms with Crippen LogP contribution in [-0.4, -0.2) is 82.6 Å². The topological polar surface area (TPSA) is 98.5 Å². The lowest BCUT2D eigenvalue weighted by Crippen LogP contribution is -2.55. The monoisotopic (exact) mass is 649 g/mol. The number of anilines is 1. The van der Waals surface area contributed by atoms with Crippen molar-refractivity contribution in [2.24, 2.45) is 0 Å². The minimum Gasteiger partial charge on any atom is -0.462 e. The van der Waals surface area contributed by atoms with E-state index in [1.165, 1.54) is 11.1 Å². The number of piperazine rings is 1. The molecule has 0 spiro atoms. The molecule has 2 aliphatic heterocycles. The molecule has 1 unspecified atom stereocenters. The largest absolute Gasteiger partial charge is 0.462 e. The van der Waals surface area contributed by atoms with Crippen molar-refractivity contribution >= 4 is 45.1 Å². The van der Waals surface area contributed by atoms with Crippen molar-refractivity contribution in [3.63, 3.8) is 0 Å². The number of hydrogen-bond donors (Lipinski definition) is 0. The number of halogens is 4. The summed E-state index contributed by atoms with van der Waals surface area (Å²) in [6.45, 7) is 4.59. The first-order chi connectivity index (χ1) is 22.2. The number of nitriles is 1. The van der Waals surface area contributed by atoms with Crippen molar-refractivity contribution in [2.45, 2.75) is 37.8 Å². The minimum atomic E-state index is -2.95. The number of carbonyl (C=O) groups is 1. The van der Waals surface area contributed by atoms with Crippen molar-refractivity contribution in [1.29, 1.82) is 5.26 Å². The molecule has 0 aliphatic carbocycles. The summed E-state index contributed by atoms with van der Waals surface area (Å²) in [6.07, 6.45) is 0.267. The molecule has 13 heteroatoms. The number of carbonyl (C=O) groups excluding carboxylic acids is 1. The molecule has 0 N–H and O–H groups in total. The van der Waals surface area contributed by atoms with E-state index in [1.54, 1.807) is 29.2 Å². The highest BCUT2D eigenvalue weighted by atomic mass is 35.5. The van der Waals surface area contributed by atoms with Gasteiger partial charge in [0.15, 0.2) is 11.6 Å². The summed E-state index contributed by atoms with van der Waals surface area (Å²) in [4.78, 5) is 31.5. The van der Waals surface area contributed by atoms with Gasteiger partial charge in [-0.15, -0.1) is 0 Å². The molecular formula is C33H31ClF3N7O2. The van der Waals surface area contributed by atoms with E-state index in [0.717, 1.165) is 24.8 Å². The highest BCUT2D eigenvalue weighted by Gasteiger charge is 2.34. The predicted octanol–water partition coefficient (Wildman–Crippen LogP) is 6.32. The van der Waals surface area contributed by atoms with Crippen molar-refractivity contribution < 1.29 is 22.7 Å². The number of likely N-dealkylation sites (tertiary alicyclic amines) is 1. The van der Waals surface area contributed by atoms with E-state index in [0.29, 0.717) is 16.0 Å². The molecule has 9 nitrogen and oxygen atoms in total. The van der Waals surface area contributed by atoms with Crippen LogP contribution >= 0.6 is 11.6 Å². The molecule has 4 heterocycles. The molecule has 6 rings (SSSR count). The van der Waals surface area contributed by atoms with Crippen LogP contribution in [0.2, 0.25) is 5.02 Å². The molecule has 2 fully saturated rings. The Hall–Kier alpha value is -4.47. The van der Waals surface area contributed by atoms with E-state index in [4.69, 9.17) is 16.3 Å². The van der Waals surface area contributed by atoms with Crippen LogP contribution in [0.5, 0.6) is 6.01 Å². The average molecular weight is 650 g/mol. The van der Waals surface area contributed by atoms with Gasteiger partial charge in [0.25, 0.3) is 12.3 Å². The molecule has 0 bridgehead atoms. The normalized spacial score (nSPS) is 18.8. The molecule has 2 aromatic heterocycles. The van der Waals surface area contributed by atoms with Crippen LogP contribution in [0.3, 0.4) is 0 Å². The van der Waals surface area contributed by atoms with Gasteiger partial charge in [-0.1, -0.05) is 48.5 Å². The van der Waals surface area contributed by atoms with Crippen molar-refractivity contribution in [3.05, 3.63) is 65.6 Å². The number of amides is 1. The highest BCUT2D eigenvalue weighted by molar-refractivity contribution is 6.36. The average Bonchev–Trinajstić information content (AvgIpc) is 3.46. The van der Waals surface area contributed by atoms with E-state index >= 15 is 8.78 Å². The van der Waals surface area contributed by atoms with Crippen LogP contribution in [0.4, 0.5) is 19.0 Å². The van der Waals surface area contributed by atoms with E-state index in [2.05, 4.69) is 26.4 Å². The standard InChI is InChI=1S/C33H31ClF3N7O2/c1-19(35)32(45)44-15-14-43(17-21(44)11-12-38)31-29-28(40-33(41-31)46-18-22-8-5-13-42(22)2)27(30(36)37)24(16-39-29)23-9-3-6-20-7-4-10-25(34)26(20)23/h3-4,6-7,9-10,16,21-22,30H,1,5,8,11,13-15,17-18H2,2H3/t21-,22?/m0/s1. The molecule has 238 valence electrons. The Morgan fingerprint density at radius 1 is 1.13 bits per heavy atom. The van der Waals surface area contributed by atoms with Gasteiger partial charge in [-0.3, -0.25) is 9.78 Å². The van der Waals surface area contributed by atoms with Crippen LogP contribution in [-0.2, 0) is 4.79 Å². The summed E-state index contributed by atoms with van der Waals surface area (Å²) >= 11 is 6.58. The van der Waals surface area contributed by atoms with E-state index < -0.39 is 24.2 Å². The summed E-state index contributed by atoms with van der Waals surface area (Å²) in [5.74, 6) is -1.80. The van der Waals surface area contributed by atoms with Crippen LogP contribution in [0, 0.1) is 11.3 Å². The van der Waals surface area contributed by atoms with Gasteiger partial charge in [0.2, 0.25) is 0 Å². The molecule has 2 saturated heterocycles. The lowest BCUT2D eigenvalue weighted by atomic mass is 9.95. The van der Waals surface area contributed by atoms with Crippen LogP contribution in [0.1, 0.15) is 31.3 Å². The summed E-state index contributed by atoms with van der Waals surface area (Å²) < 4.78 is 50.3. The fourth-order valence-electron chi connectivity index (χ4n) is 6.41. The van der Waals surface area contributed by atoms with Gasteiger partial charge in [-0.2, -0.15) is 15.2 Å². The van der Waals surface area contributed by atoms with Crippen molar-refractivity contribution in [1.82, 2.24) is 24.8 Å². The molecule has 0 saturated carbocycles. The Kier molecular flexibility index (Phi) is 8.97. The maximum atomic E-state index is 15.2. The molecular weight excluding hydrogens is 619 g/mol. The smallest absolute Gasteiger partial charge is 0.319 e. The quantitative estimate of drug-likeness (QED) is 0.205. The lowest BCUT2D eigenvalue weighted by Gasteiger charge is -2.41. The van der Waals surface area contributed by atoms with Crippen LogP contribution in [0.15, 0.2) is 55.0 Å². The summed E-state index contributed by atoms with van der Waals surface area (Å²) in [5, 5.41) is 11.3. The summed E-state index contributed by atoms with van der Waals surface area (Å²) in [6, 6.07) is 12.1. The van der Waals surface area contributed by atoms with Gasteiger partial charge in [-0.25, -0.2) is 13.2 Å². The highest BCUT2D eigenvalue weighted by Crippen LogP contribution is 2.42. The van der Waals surface area contributed by atoms with Crippen LogP contribution in [0.25, 0.3) is 32.9 Å². The predicted molar refractivity (Wildman–Crippen MR) is 170 cm³/mol. The number of hydrogen-bond acceptors (Lipinski definition) is 8. The minimum absolute atomic E-state index is 0.0525. The maximum Gasteiger partial charge on any atom is 0.319 e. The van der Waals surface area contributed by atoms with Gasteiger partial charge < -0.3 is 19.4 Å². The molecule has 2 atom stereocenters. The van der Waals surface area contributed by atoms with E-state index in [1.807, 2.05) is 25.2 Å². The second-order valence-corrected chi connectivity index (χ2v) is 11.9. The van der Waals surface area contributed by atoms with Crippen molar-refractivity contribution in [2.75, 3.05) is 44.7 Å². The molecule has 1 amide bonds. The van der Waals surface area contributed by atoms with Gasteiger partial charge in [-0.05, 0) is 43.5 Å². The Bertz CT molecular complexity index is 1860. The second-order valence-electron chi connectivity index (χ2n) is 11.5. The number of pyridine rings is 1. The number of fused-ring (bicyclic) bond motifs is 2. The molecule has 2 aromatic carbocycles. The third kappa shape index (κ3) is 5.92.